The van der Waals surface area contributed by atoms with E-state index in [4.69, 9.17) is 16.3 Å². The van der Waals surface area contributed by atoms with Crippen molar-refractivity contribution >= 4 is 52.4 Å². The number of nitrogens with zero attached hydrogens (tertiary/aromatic N) is 1. The topological polar surface area (TPSA) is 105 Å². The van der Waals surface area contributed by atoms with Gasteiger partial charge < -0.3 is 15.4 Å². The summed E-state index contributed by atoms with van der Waals surface area (Å²) in [4.78, 5) is 51.8. The molecule has 0 unspecified atom stereocenters. The molecule has 0 atom stereocenters. The molecule has 0 spiro atoms. The van der Waals surface area contributed by atoms with E-state index in [0.717, 1.165) is 22.4 Å². The van der Waals surface area contributed by atoms with Crippen LogP contribution in [-0.2, 0) is 14.3 Å². The van der Waals surface area contributed by atoms with Crippen molar-refractivity contribution in [3.8, 4) is 0 Å². The fourth-order valence-corrected chi connectivity index (χ4v) is 4.15. The summed E-state index contributed by atoms with van der Waals surface area (Å²) in [6.45, 7) is 5.99. The number of hydrogen-bond donors (Lipinski definition) is 2. The average molecular weight is 532 g/mol. The number of carbonyl (C=O) groups excluding carboxylic acids is 4. The summed E-state index contributed by atoms with van der Waals surface area (Å²) in [6, 6.07) is 18.2. The Balaban J connectivity index is 1.47. The average Bonchev–Trinajstić information content (AvgIpc) is 3.11. The molecule has 3 amide bonds. The minimum Gasteiger partial charge on any atom is -0.462 e. The van der Waals surface area contributed by atoms with Crippen LogP contribution >= 0.6 is 11.6 Å². The Kier molecular flexibility index (Phi) is 7.93. The molecule has 2 N–H and O–H groups in total. The molecule has 0 aliphatic carbocycles. The number of halogens is 1. The predicted molar refractivity (Wildman–Crippen MR) is 146 cm³/mol. The summed E-state index contributed by atoms with van der Waals surface area (Å²) in [6.07, 6.45) is 0.729. The van der Waals surface area contributed by atoms with Crippen molar-refractivity contribution in [1.29, 1.82) is 0 Å². The molecule has 0 saturated heterocycles. The molecule has 0 radical (unpaired) electrons. The van der Waals surface area contributed by atoms with E-state index in [0.29, 0.717) is 34.8 Å². The van der Waals surface area contributed by atoms with Gasteiger partial charge in [-0.3, -0.25) is 14.4 Å². The summed E-state index contributed by atoms with van der Waals surface area (Å²) in [5, 5.41) is 5.43. The van der Waals surface area contributed by atoms with Crippen LogP contribution in [0.4, 0.5) is 17.1 Å². The lowest BCUT2D eigenvalue weighted by molar-refractivity contribution is -0.120. The molecule has 38 heavy (non-hydrogen) atoms. The van der Waals surface area contributed by atoms with Crippen LogP contribution < -0.4 is 15.5 Å². The first kappa shape index (κ1) is 26.6. The predicted octanol–water partition coefficient (Wildman–Crippen LogP) is 5.56. The number of imide groups is 1. The van der Waals surface area contributed by atoms with Gasteiger partial charge in [0.25, 0.3) is 17.7 Å². The first-order valence-electron chi connectivity index (χ1n) is 12.0. The van der Waals surface area contributed by atoms with Gasteiger partial charge in [-0.05, 0) is 74.4 Å². The third-order valence-corrected chi connectivity index (χ3v) is 6.18. The molecule has 0 bridgehead atoms. The maximum absolute atomic E-state index is 13.1. The minimum atomic E-state index is -0.623. The lowest BCUT2D eigenvalue weighted by atomic mass is 10.1. The molecule has 0 fully saturated rings. The van der Waals surface area contributed by atoms with Crippen LogP contribution in [0, 0.1) is 13.8 Å². The fraction of sp³-hybridized carbons (Fsp3) is 0.172. The number of aryl methyl sites for hydroxylation is 2. The van der Waals surface area contributed by atoms with Crippen LogP contribution in [0.5, 0.6) is 0 Å². The van der Waals surface area contributed by atoms with E-state index >= 15 is 0 Å². The first-order chi connectivity index (χ1) is 18.2. The number of esters is 1. The van der Waals surface area contributed by atoms with Gasteiger partial charge in [-0.2, -0.15) is 0 Å². The van der Waals surface area contributed by atoms with E-state index in [1.165, 1.54) is 0 Å². The summed E-state index contributed by atoms with van der Waals surface area (Å²) in [7, 11) is 0. The van der Waals surface area contributed by atoms with Crippen LogP contribution in [0.25, 0.3) is 0 Å². The summed E-state index contributed by atoms with van der Waals surface area (Å²) in [5.74, 6) is -2.03. The van der Waals surface area contributed by atoms with Gasteiger partial charge in [0.1, 0.15) is 10.7 Å². The number of ether oxygens (including phenoxy) is 1. The SMILES string of the molecule is CCCOC(=O)c1ccc(NC(=O)c2cccc(NC3=C(Cl)C(=O)N(c4ccc(C)cc4C)C3=O)c2)cc1. The van der Waals surface area contributed by atoms with Crippen LogP contribution in [0.15, 0.2) is 77.5 Å². The van der Waals surface area contributed by atoms with Gasteiger partial charge in [-0.25, -0.2) is 9.69 Å². The molecule has 3 aromatic rings. The van der Waals surface area contributed by atoms with Crippen molar-refractivity contribution in [3.05, 3.63) is 99.7 Å². The Morgan fingerprint density at radius 2 is 1.63 bits per heavy atom. The van der Waals surface area contributed by atoms with Crippen molar-refractivity contribution in [2.24, 2.45) is 0 Å². The molecule has 1 aliphatic heterocycles. The standard InChI is InChI=1S/C29H26ClN3O5/c1-4-14-38-29(37)19-9-11-21(12-10-19)32-26(34)20-6-5-7-22(16-20)31-25-24(30)27(35)33(28(25)36)23-13-8-17(2)15-18(23)3/h5-13,15-16,31H,4,14H2,1-3H3,(H,32,34). The lowest BCUT2D eigenvalue weighted by Crippen LogP contribution is -2.32. The molecule has 1 heterocycles. The zero-order valence-corrected chi connectivity index (χ0v) is 21.9. The van der Waals surface area contributed by atoms with Gasteiger partial charge in [0.2, 0.25) is 0 Å². The molecule has 0 saturated carbocycles. The largest absolute Gasteiger partial charge is 0.462 e. The lowest BCUT2D eigenvalue weighted by Gasteiger charge is -2.18. The third-order valence-electron chi connectivity index (χ3n) is 5.83. The number of rotatable bonds is 8. The van der Waals surface area contributed by atoms with Gasteiger partial charge in [-0.1, -0.05) is 42.3 Å². The zero-order valence-electron chi connectivity index (χ0n) is 21.1. The molecule has 3 aromatic carbocycles. The van der Waals surface area contributed by atoms with Crippen molar-refractivity contribution in [2.45, 2.75) is 27.2 Å². The number of amides is 3. The first-order valence-corrected chi connectivity index (χ1v) is 12.4. The molecule has 8 nitrogen and oxygen atoms in total. The Morgan fingerprint density at radius 3 is 2.32 bits per heavy atom. The highest BCUT2D eigenvalue weighted by Gasteiger charge is 2.39. The van der Waals surface area contributed by atoms with Crippen LogP contribution in [0.2, 0.25) is 0 Å². The molecular weight excluding hydrogens is 506 g/mol. The molecule has 0 aromatic heterocycles. The van der Waals surface area contributed by atoms with Gasteiger partial charge >= 0.3 is 5.97 Å². The molecule has 194 valence electrons. The Morgan fingerprint density at radius 1 is 0.895 bits per heavy atom. The number of carbonyl (C=O) groups is 4. The van der Waals surface area contributed by atoms with E-state index in [1.54, 1.807) is 54.6 Å². The molecular formula is C29H26ClN3O5. The quantitative estimate of drug-likeness (QED) is 0.291. The van der Waals surface area contributed by atoms with Gasteiger partial charge in [0, 0.05) is 16.9 Å². The van der Waals surface area contributed by atoms with Crippen molar-refractivity contribution in [3.63, 3.8) is 0 Å². The monoisotopic (exact) mass is 531 g/mol. The van der Waals surface area contributed by atoms with Gasteiger partial charge in [-0.15, -0.1) is 0 Å². The second-order valence-corrected chi connectivity index (χ2v) is 9.18. The van der Waals surface area contributed by atoms with Gasteiger partial charge in [0.05, 0.1) is 17.9 Å². The Bertz CT molecular complexity index is 1460. The highest BCUT2D eigenvalue weighted by atomic mass is 35.5. The van der Waals surface area contributed by atoms with E-state index in [2.05, 4.69) is 10.6 Å². The number of anilines is 3. The van der Waals surface area contributed by atoms with E-state index in [1.807, 2.05) is 32.9 Å². The number of hydrogen-bond acceptors (Lipinski definition) is 6. The highest BCUT2D eigenvalue weighted by Crippen LogP contribution is 2.32. The molecule has 1 aliphatic rings. The van der Waals surface area contributed by atoms with E-state index < -0.39 is 23.7 Å². The third kappa shape index (κ3) is 5.60. The van der Waals surface area contributed by atoms with Crippen LogP contribution in [0.1, 0.15) is 45.2 Å². The maximum atomic E-state index is 13.1. The molecule has 9 heteroatoms. The smallest absolute Gasteiger partial charge is 0.338 e. The summed E-state index contributed by atoms with van der Waals surface area (Å²) in [5.41, 5.74) is 3.75. The maximum Gasteiger partial charge on any atom is 0.338 e. The summed E-state index contributed by atoms with van der Waals surface area (Å²) < 4.78 is 5.10. The highest BCUT2D eigenvalue weighted by molar-refractivity contribution is 6.53. The zero-order chi connectivity index (χ0) is 27.4. The van der Waals surface area contributed by atoms with E-state index in [-0.39, 0.29) is 10.7 Å². The fourth-order valence-electron chi connectivity index (χ4n) is 3.94. The minimum absolute atomic E-state index is 0.0697. The second kappa shape index (κ2) is 11.3. The van der Waals surface area contributed by atoms with Crippen molar-refractivity contribution < 1.29 is 23.9 Å². The van der Waals surface area contributed by atoms with E-state index in [9.17, 15) is 19.2 Å². The van der Waals surface area contributed by atoms with Crippen LogP contribution in [0.3, 0.4) is 0 Å². The van der Waals surface area contributed by atoms with Gasteiger partial charge in [0.15, 0.2) is 0 Å². The second-order valence-electron chi connectivity index (χ2n) is 8.80. The summed E-state index contributed by atoms with van der Waals surface area (Å²) >= 11 is 6.27. The van der Waals surface area contributed by atoms with Crippen LogP contribution in [-0.4, -0.2) is 30.3 Å². The Hall–Kier alpha value is -4.43. The van der Waals surface area contributed by atoms with Crippen molar-refractivity contribution in [1.82, 2.24) is 0 Å². The number of nitrogens with one attached hydrogen (secondary N) is 2. The normalized spacial score (nSPS) is 13.1. The Labute approximate surface area is 225 Å². The number of benzene rings is 3. The van der Waals surface area contributed by atoms with Crippen molar-refractivity contribution in [2.75, 3.05) is 22.1 Å². The molecule has 4 rings (SSSR count).